The molecule has 2 amide bonds. The molecular weight excluding hydrogens is 158 g/mol. The lowest BCUT2D eigenvalue weighted by Crippen LogP contribution is -2.48. The summed E-state index contributed by atoms with van der Waals surface area (Å²) in [5, 5.41) is 0. The molecule has 64 valence electrons. The number of amides is 2. The number of cyclic esters (lactones) is 2. The van der Waals surface area contributed by atoms with Gasteiger partial charge in [0.25, 0.3) is 0 Å². The fourth-order valence-corrected chi connectivity index (χ4v) is 0.799. The first-order valence-corrected chi connectivity index (χ1v) is 3.52. The Hall–Kier alpha value is -1.58. The van der Waals surface area contributed by atoms with E-state index in [0.717, 1.165) is 4.90 Å². The lowest BCUT2D eigenvalue weighted by Gasteiger charge is -2.26. The molecule has 0 spiro atoms. The van der Waals surface area contributed by atoms with E-state index in [4.69, 9.17) is 0 Å². The van der Waals surface area contributed by atoms with E-state index in [2.05, 4.69) is 4.74 Å². The molecule has 1 rings (SSSR count). The standard InChI is InChI=1S/C8H9NO3/c1-3-4-5-6(2)9-7(10)12-8(9)11/h3-5H,1-2H3/b4-3-,6-5+. The Morgan fingerprint density at radius 1 is 1.42 bits per heavy atom. The Kier molecular flexibility index (Phi) is 2.28. The van der Waals surface area contributed by atoms with Gasteiger partial charge in [-0.15, -0.1) is 0 Å². The summed E-state index contributed by atoms with van der Waals surface area (Å²) in [5.41, 5.74) is 0.564. The third-order valence-electron chi connectivity index (χ3n) is 1.42. The van der Waals surface area contributed by atoms with E-state index < -0.39 is 12.2 Å². The van der Waals surface area contributed by atoms with Crippen molar-refractivity contribution < 1.29 is 14.3 Å². The Morgan fingerprint density at radius 2 is 2.00 bits per heavy atom. The number of hydrogen-bond donors (Lipinski definition) is 0. The highest BCUT2D eigenvalue weighted by Crippen LogP contribution is 2.17. The van der Waals surface area contributed by atoms with Crippen LogP contribution in [0.4, 0.5) is 9.59 Å². The Balaban J connectivity index is 2.69. The molecule has 0 aromatic rings. The molecule has 0 aliphatic carbocycles. The second-order valence-electron chi connectivity index (χ2n) is 2.30. The molecule has 1 aliphatic heterocycles. The smallest absolute Gasteiger partial charge is 0.358 e. The molecule has 1 saturated heterocycles. The minimum absolute atomic E-state index is 0.564. The normalized spacial score (nSPS) is 18.2. The highest BCUT2D eigenvalue weighted by molar-refractivity contribution is 6.04. The summed E-state index contributed by atoms with van der Waals surface area (Å²) >= 11 is 0. The van der Waals surface area contributed by atoms with Crippen molar-refractivity contribution in [1.29, 1.82) is 0 Å². The van der Waals surface area contributed by atoms with Crippen LogP contribution in [-0.4, -0.2) is 17.1 Å². The zero-order chi connectivity index (χ0) is 9.14. The van der Waals surface area contributed by atoms with Crippen molar-refractivity contribution in [3.63, 3.8) is 0 Å². The van der Waals surface area contributed by atoms with Gasteiger partial charge in [-0.2, -0.15) is 4.90 Å². The molecule has 1 aliphatic rings. The fraction of sp³-hybridized carbons (Fsp3) is 0.250. The Morgan fingerprint density at radius 3 is 2.42 bits per heavy atom. The van der Waals surface area contributed by atoms with Crippen LogP contribution < -0.4 is 0 Å². The zero-order valence-electron chi connectivity index (χ0n) is 6.90. The van der Waals surface area contributed by atoms with Crippen LogP contribution in [-0.2, 0) is 4.74 Å². The van der Waals surface area contributed by atoms with E-state index in [0.29, 0.717) is 5.70 Å². The van der Waals surface area contributed by atoms with Crippen LogP contribution in [0.5, 0.6) is 0 Å². The number of nitrogens with zero attached hydrogens (tertiary/aromatic N) is 1. The second-order valence-corrected chi connectivity index (χ2v) is 2.30. The van der Waals surface area contributed by atoms with Gasteiger partial charge in [0, 0.05) is 5.70 Å². The topological polar surface area (TPSA) is 46.6 Å². The molecular formula is C8H9NO3. The van der Waals surface area contributed by atoms with Gasteiger partial charge in [-0.1, -0.05) is 12.2 Å². The summed E-state index contributed by atoms with van der Waals surface area (Å²) in [6.07, 6.45) is 3.99. The first-order valence-electron chi connectivity index (χ1n) is 3.52. The zero-order valence-corrected chi connectivity index (χ0v) is 6.90. The fourth-order valence-electron chi connectivity index (χ4n) is 0.799. The van der Waals surface area contributed by atoms with Crippen LogP contribution in [0, 0.1) is 0 Å². The lowest BCUT2D eigenvalue weighted by atomic mass is 10.3. The summed E-state index contributed by atoms with van der Waals surface area (Å²) in [6.45, 7) is 3.51. The van der Waals surface area contributed by atoms with Gasteiger partial charge in [0.2, 0.25) is 0 Å². The maximum Gasteiger partial charge on any atom is 0.432 e. The van der Waals surface area contributed by atoms with Gasteiger partial charge in [-0.05, 0) is 19.9 Å². The minimum Gasteiger partial charge on any atom is -0.358 e. The predicted molar refractivity (Wildman–Crippen MR) is 42.3 cm³/mol. The Bertz CT molecular complexity index is 264. The largest absolute Gasteiger partial charge is 0.432 e. The minimum atomic E-state index is -0.613. The van der Waals surface area contributed by atoms with E-state index in [1.807, 2.05) is 6.92 Å². The predicted octanol–water partition coefficient (Wildman–Crippen LogP) is 2.04. The first-order chi connectivity index (χ1) is 5.66. The number of hydrogen-bond acceptors (Lipinski definition) is 3. The van der Waals surface area contributed by atoms with Crippen LogP contribution in [0.3, 0.4) is 0 Å². The number of ether oxygens (including phenoxy) is 1. The average molecular weight is 167 g/mol. The monoisotopic (exact) mass is 167 g/mol. The second kappa shape index (κ2) is 3.21. The number of carbonyl (C=O) groups excluding carboxylic acids is 2. The third-order valence-corrected chi connectivity index (χ3v) is 1.42. The molecule has 0 bridgehead atoms. The van der Waals surface area contributed by atoms with E-state index in [1.165, 1.54) is 0 Å². The molecule has 12 heavy (non-hydrogen) atoms. The van der Waals surface area contributed by atoms with Crippen molar-refractivity contribution in [2.75, 3.05) is 0 Å². The van der Waals surface area contributed by atoms with Crippen LogP contribution in [0.15, 0.2) is 23.9 Å². The number of allylic oxidation sites excluding steroid dienone is 4. The van der Waals surface area contributed by atoms with Crippen molar-refractivity contribution in [2.24, 2.45) is 0 Å². The van der Waals surface area contributed by atoms with Crippen LogP contribution in [0.1, 0.15) is 13.8 Å². The molecule has 0 radical (unpaired) electrons. The van der Waals surface area contributed by atoms with Crippen molar-refractivity contribution in [3.05, 3.63) is 23.9 Å². The van der Waals surface area contributed by atoms with Gasteiger partial charge in [-0.3, -0.25) is 0 Å². The van der Waals surface area contributed by atoms with Gasteiger partial charge in [-0.25, -0.2) is 9.59 Å². The lowest BCUT2D eigenvalue weighted by molar-refractivity contribution is 0.0711. The number of rotatable bonds is 2. The summed E-state index contributed by atoms with van der Waals surface area (Å²) < 4.78 is 4.14. The molecule has 0 atom stereocenters. The van der Waals surface area contributed by atoms with E-state index in [1.54, 1.807) is 25.2 Å². The molecule has 4 heteroatoms. The molecule has 0 aromatic heterocycles. The van der Waals surface area contributed by atoms with Crippen LogP contribution in [0.25, 0.3) is 0 Å². The number of carbonyl (C=O) groups is 2. The molecule has 0 unspecified atom stereocenters. The highest BCUT2D eigenvalue weighted by Gasteiger charge is 2.38. The van der Waals surface area contributed by atoms with E-state index in [9.17, 15) is 9.59 Å². The van der Waals surface area contributed by atoms with Crippen LogP contribution in [0.2, 0.25) is 0 Å². The van der Waals surface area contributed by atoms with Gasteiger partial charge >= 0.3 is 12.2 Å². The van der Waals surface area contributed by atoms with Crippen molar-refractivity contribution in [3.8, 4) is 0 Å². The van der Waals surface area contributed by atoms with Gasteiger partial charge in [0.05, 0.1) is 0 Å². The Labute approximate surface area is 70.1 Å². The van der Waals surface area contributed by atoms with Crippen molar-refractivity contribution in [2.45, 2.75) is 13.8 Å². The van der Waals surface area contributed by atoms with Crippen LogP contribution >= 0.6 is 0 Å². The van der Waals surface area contributed by atoms with Gasteiger partial charge in [0.1, 0.15) is 0 Å². The summed E-state index contributed by atoms with van der Waals surface area (Å²) in [4.78, 5) is 22.3. The molecule has 1 fully saturated rings. The third kappa shape index (κ3) is 1.37. The first kappa shape index (κ1) is 8.52. The molecule has 0 N–H and O–H groups in total. The molecule has 4 nitrogen and oxygen atoms in total. The molecule has 0 saturated carbocycles. The summed E-state index contributed by atoms with van der Waals surface area (Å²) in [6, 6.07) is 0. The van der Waals surface area contributed by atoms with Gasteiger partial charge < -0.3 is 4.74 Å². The SMILES string of the molecule is C/C=C\C=C(/C)N1C(=O)OC1=O. The van der Waals surface area contributed by atoms with E-state index >= 15 is 0 Å². The summed E-state index contributed by atoms with van der Waals surface area (Å²) in [7, 11) is 0. The maximum atomic E-state index is 10.7. The quantitative estimate of drug-likeness (QED) is 0.467. The average Bonchev–Trinajstić information content (AvgIpc) is 2.00. The van der Waals surface area contributed by atoms with Gasteiger partial charge in [0.15, 0.2) is 0 Å². The number of imide groups is 1. The maximum absolute atomic E-state index is 10.7. The highest BCUT2D eigenvalue weighted by atomic mass is 16.7. The van der Waals surface area contributed by atoms with E-state index in [-0.39, 0.29) is 0 Å². The summed E-state index contributed by atoms with van der Waals surface area (Å²) in [5.74, 6) is 0. The van der Waals surface area contributed by atoms with Crippen molar-refractivity contribution >= 4 is 12.2 Å². The van der Waals surface area contributed by atoms with Crippen molar-refractivity contribution in [1.82, 2.24) is 4.90 Å². The molecule has 0 aromatic carbocycles. The molecule has 1 heterocycles.